The van der Waals surface area contributed by atoms with E-state index in [9.17, 15) is 18.3 Å². The molecule has 108 valence electrons. The summed E-state index contributed by atoms with van der Waals surface area (Å²) >= 11 is 0. The van der Waals surface area contributed by atoms with E-state index in [0.717, 1.165) is 12.3 Å². The van der Waals surface area contributed by atoms with Crippen molar-refractivity contribution >= 4 is 0 Å². The largest absolute Gasteiger partial charge is 0.485 e. The second-order valence-electron chi connectivity index (χ2n) is 4.18. The Morgan fingerprint density at radius 3 is 2.80 bits per heavy atom. The number of hydrogen-bond acceptors (Lipinski definition) is 3. The number of hydrogen-bond donors (Lipinski definition) is 1. The van der Waals surface area contributed by atoms with E-state index in [0.29, 0.717) is 10.1 Å². The van der Waals surface area contributed by atoms with Crippen LogP contribution >= 0.6 is 0 Å². The minimum atomic E-state index is -2.72. The minimum absolute atomic E-state index is 0.0146. The van der Waals surface area contributed by atoms with Crippen LogP contribution in [0.4, 0.5) is 13.2 Å². The zero-order valence-electron chi connectivity index (χ0n) is 10.6. The molecule has 0 aliphatic rings. The standard InChI is InChI=1S/C13H13F3N2O2/c1-8(19)10-3-2-9(14)6-11(10)20-7-12-17-4-5-18(12)13(15)16/h2-6,8,13,19H,7H2,1H3. The molecule has 1 aromatic carbocycles. The third-order valence-electron chi connectivity index (χ3n) is 2.74. The summed E-state index contributed by atoms with van der Waals surface area (Å²) in [6, 6.07) is 3.67. The maximum atomic E-state index is 13.2. The Labute approximate surface area is 113 Å². The fraction of sp³-hybridized carbons (Fsp3) is 0.308. The van der Waals surface area contributed by atoms with Crippen molar-refractivity contribution in [1.82, 2.24) is 9.55 Å². The van der Waals surface area contributed by atoms with Crippen molar-refractivity contribution in [2.45, 2.75) is 26.2 Å². The Kier molecular flexibility index (Phi) is 4.29. The number of aromatic nitrogens is 2. The highest BCUT2D eigenvalue weighted by Gasteiger charge is 2.14. The number of aliphatic hydroxyl groups is 1. The first-order chi connectivity index (χ1) is 9.49. The molecule has 1 N–H and O–H groups in total. The molecule has 0 amide bonds. The predicted octanol–water partition coefficient (Wildman–Crippen LogP) is 3.05. The first-order valence-corrected chi connectivity index (χ1v) is 5.89. The van der Waals surface area contributed by atoms with Crippen LogP contribution in [0.15, 0.2) is 30.6 Å². The summed E-state index contributed by atoms with van der Waals surface area (Å²) in [5.41, 5.74) is 0.376. The summed E-state index contributed by atoms with van der Waals surface area (Å²) in [7, 11) is 0. The van der Waals surface area contributed by atoms with Crippen LogP contribution in [0, 0.1) is 5.82 Å². The lowest BCUT2D eigenvalue weighted by Crippen LogP contribution is -2.08. The third-order valence-corrected chi connectivity index (χ3v) is 2.74. The van der Waals surface area contributed by atoms with Gasteiger partial charge in [0.1, 0.15) is 18.2 Å². The second kappa shape index (κ2) is 5.96. The molecule has 0 saturated carbocycles. The quantitative estimate of drug-likeness (QED) is 0.919. The second-order valence-corrected chi connectivity index (χ2v) is 4.18. The van der Waals surface area contributed by atoms with E-state index in [2.05, 4.69) is 4.98 Å². The number of alkyl halides is 2. The number of rotatable bonds is 5. The summed E-state index contributed by atoms with van der Waals surface area (Å²) in [4.78, 5) is 3.75. The van der Waals surface area contributed by atoms with Gasteiger partial charge in [0.2, 0.25) is 0 Å². The molecule has 1 atom stereocenters. The van der Waals surface area contributed by atoms with Crippen LogP contribution < -0.4 is 4.74 Å². The first-order valence-electron chi connectivity index (χ1n) is 5.89. The number of benzene rings is 1. The number of ether oxygens (including phenoxy) is 1. The van der Waals surface area contributed by atoms with Crippen molar-refractivity contribution in [3.63, 3.8) is 0 Å². The van der Waals surface area contributed by atoms with Crippen molar-refractivity contribution in [1.29, 1.82) is 0 Å². The van der Waals surface area contributed by atoms with E-state index in [1.54, 1.807) is 0 Å². The van der Waals surface area contributed by atoms with Gasteiger partial charge in [0, 0.05) is 24.0 Å². The van der Waals surface area contributed by atoms with E-state index in [-0.39, 0.29) is 18.2 Å². The number of aliphatic hydroxyl groups excluding tert-OH is 1. The molecular formula is C13H13F3N2O2. The van der Waals surface area contributed by atoms with Crippen LogP contribution in [0.2, 0.25) is 0 Å². The fourth-order valence-electron chi connectivity index (χ4n) is 1.75. The average Bonchev–Trinajstić information content (AvgIpc) is 2.84. The Morgan fingerprint density at radius 1 is 1.40 bits per heavy atom. The Bertz CT molecular complexity index is 585. The molecule has 0 aliphatic heterocycles. The lowest BCUT2D eigenvalue weighted by atomic mass is 10.1. The van der Waals surface area contributed by atoms with Gasteiger partial charge in [-0.15, -0.1) is 0 Å². The lowest BCUT2D eigenvalue weighted by Gasteiger charge is -2.14. The molecular weight excluding hydrogens is 273 g/mol. The highest BCUT2D eigenvalue weighted by Crippen LogP contribution is 2.27. The topological polar surface area (TPSA) is 47.3 Å². The number of halogens is 3. The minimum Gasteiger partial charge on any atom is -0.485 e. The van der Waals surface area contributed by atoms with Crippen LogP contribution in [0.1, 0.15) is 31.0 Å². The molecule has 2 aromatic rings. The fourth-order valence-corrected chi connectivity index (χ4v) is 1.75. The molecule has 7 heteroatoms. The van der Waals surface area contributed by atoms with Gasteiger partial charge in [0.15, 0.2) is 5.82 Å². The van der Waals surface area contributed by atoms with E-state index >= 15 is 0 Å². The van der Waals surface area contributed by atoms with Crippen LogP contribution in [0.25, 0.3) is 0 Å². The van der Waals surface area contributed by atoms with E-state index in [4.69, 9.17) is 4.74 Å². The molecule has 1 unspecified atom stereocenters. The lowest BCUT2D eigenvalue weighted by molar-refractivity contribution is 0.0630. The molecule has 2 rings (SSSR count). The monoisotopic (exact) mass is 286 g/mol. The average molecular weight is 286 g/mol. The van der Waals surface area contributed by atoms with Gasteiger partial charge in [-0.3, -0.25) is 4.57 Å². The van der Waals surface area contributed by atoms with Gasteiger partial charge in [-0.1, -0.05) is 0 Å². The summed E-state index contributed by atoms with van der Waals surface area (Å²) in [6.45, 7) is -1.47. The number of imidazole rings is 1. The van der Waals surface area contributed by atoms with Crippen molar-refractivity contribution < 1.29 is 23.0 Å². The van der Waals surface area contributed by atoms with Crippen molar-refractivity contribution in [3.05, 3.63) is 47.8 Å². The van der Waals surface area contributed by atoms with Gasteiger partial charge in [-0.2, -0.15) is 8.78 Å². The Morgan fingerprint density at radius 2 is 2.15 bits per heavy atom. The summed E-state index contributed by atoms with van der Waals surface area (Å²) in [6.07, 6.45) is 1.50. The maximum absolute atomic E-state index is 13.2. The molecule has 0 fully saturated rings. The maximum Gasteiger partial charge on any atom is 0.320 e. The van der Waals surface area contributed by atoms with Gasteiger partial charge in [-0.25, -0.2) is 9.37 Å². The summed E-state index contributed by atoms with van der Waals surface area (Å²) < 4.78 is 44.4. The molecule has 0 aliphatic carbocycles. The Balaban J connectivity index is 2.18. The van der Waals surface area contributed by atoms with Crippen LogP contribution in [0.5, 0.6) is 5.75 Å². The molecule has 0 spiro atoms. The van der Waals surface area contributed by atoms with E-state index < -0.39 is 18.5 Å². The normalized spacial score (nSPS) is 12.7. The van der Waals surface area contributed by atoms with Crippen molar-refractivity contribution in [2.75, 3.05) is 0 Å². The number of nitrogens with zero attached hydrogens (tertiary/aromatic N) is 2. The zero-order valence-corrected chi connectivity index (χ0v) is 10.6. The highest BCUT2D eigenvalue weighted by molar-refractivity contribution is 5.35. The molecule has 0 saturated heterocycles. The third kappa shape index (κ3) is 3.11. The predicted molar refractivity (Wildman–Crippen MR) is 64.8 cm³/mol. The van der Waals surface area contributed by atoms with Gasteiger partial charge >= 0.3 is 6.55 Å². The molecule has 0 bridgehead atoms. The van der Waals surface area contributed by atoms with Crippen LogP contribution in [-0.2, 0) is 6.61 Å². The van der Waals surface area contributed by atoms with E-state index in [1.165, 1.54) is 25.3 Å². The Hall–Kier alpha value is -2.02. The first kappa shape index (κ1) is 14.4. The van der Waals surface area contributed by atoms with Crippen LogP contribution in [-0.4, -0.2) is 14.7 Å². The molecule has 4 nitrogen and oxygen atoms in total. The SMILES string of the molecule is CC(O)c1ccc(F)cc1OCc1nccn1C(F)F. The van der Waals surface area contributed by atoms with Crippen LogP contribution in [0.3, 0.4) is 0 Å². The summed E-state index contributed by atoms with van der Waals surface area (Å²) in [5, 5.41) is 9.55. The van der Waals surface area contributed by atoms with E-state index in [1.807, 2.05) is 0 Å². The zero-order chi connectivity index (χ0) is 14.7. The molecule has 1 aromatic heterocycles. The summed E-state index contributed by atoms with van der Waals surface area (Å²) in [5.74, 6) is -0.425. The molecule has 20 heavy (non-hydrogen) atoms. The molecule has 1 heterocycles. The van der Waals surface area contributed by atoms with Gasteiger partial charge in [0.25, 0.3) is 0 Å². The smallest absolute Gasteiger partial charge is 0.320 e. The van der Waals surface area contributed by atoms with Crippen molar-refractivity contribution in [3.8, 4) is 5.75 Å². The van der Waals surface area contributed by atoms with Crippen molar-refractivity contribution in [2.24, 2.45) is 0 Å². The highest BCUT2D eigenvalue weighted by atomic mass is 19.3. The van der Waals surface area contributed by atoms with Gasteiger partial charge in [-0.05, 0) is 19.1 Å². The van der Waals surface area contributed by atoms with Gasteiger partial charge < -0.3 is 9.84 Å². The molecule has 0 radical (unpaired) electrons. The van der Waals surface area contributed by atoms with Gasteiger partial charge in [0.05, 0.1) is 6.10 Å².